The molecule has 5 heteroatoms. The van der Waals surface area contributed by atoms with Crippen LogP contribution in [0.3, 0.4) is 0 Å². The van der Waals surface area contributed by atoms with Crippen LogP contribution >= 0.6 is 0 Å². The number of carboxylic acids is 1. The monoisotopic (exact) mass is 207 g/mol. The first kappa shape index (κ1) is 9.51. The van der Waals surface area contributed by atoms with Gasteiger partial charge in [0.05, 0.1) is 7.11 Å². The summed E-state index contributed by atoms with van der Waals surface area (Å²) < 4.78 is 9.97. The predicted octanol–water partition coefficient (Wildman–Crippen LogP) is 1.46. The van der Waals surface area contributed by atoms with E-state index in [-0.39, 0.29) is 6.42 Å². The van der Waals surface area contributed by atoms with E-state index in [1.165, 1.54) is 0 Å². The number of aliphatic carboxylic acids is 1. The summed E-state index contributed by atoms with van der Waals surface area (Å²) in [5.74, 6) is 0.0459. The topological polar surface area (TPSA) is 72.6 Å². The molecule has 1 heterocycles. The fourth-order valence-corrected chi connectivity index (χ4v) is 1.36. The molecule has 0 atom stereocenters. The van der Waals surface area contributed by atoms with Crippen molar-refractivity contribution >= 4 is 16.9 Å². The van der Waals surface area contributed by atoms with Crippen molar-refractivity contribution < 1.29 is 19.2 Å². The molecule has 15 heavy (non-hydrogen) atoms. The number of ether oxygens (including phenoxy) is 1. The zero-order valence-electron chi connectivity index (χ0n) is 8.06. The quantitative estimate of drug-likeness (QED) is 0.824. The Labute approximate surface area is 85.2 Å². The molecule has 0 radical (unpaired) electrons. The Morgan fingerprint density at radius 3 is 3.07 bits per heavy atom. The maximum Gasteiger partial charge on any atom is 0.311 e. The number of rotatable bonds is 3. The summed E-state index contributed by atoms with van der Waals surface area (Å²) in [7, 11) is 1.55. The van der Waals surface area contributed by atoms with Crippen molar-refractivity contribution in [1.29, 1.82) is 0 Å². The third-order valence-corrected chi connectivity index (χ3v) is 2.07. The van der Waals surface area contributed by atoms with Crippen LogP contribution in [0.4, 0.5) is 0 Å². The van der Waals surface area contributed by atoms with Gasteiger partial charge in [-0.2, -0.15) is 0 Å². The van der Waals surface area contributed by atoms with Gasteiger partial charge in [0.25, 0.3) is 0 Å². The normalized spacial score (nSPS) is 10.5. The Balaban J connectivity index is 2.51. The predicted molar refractivity (Wildman–Crippen MR) is 51.9 cm³/mol. The molecule has 0 bridgehead atoms. The molecule has 0 fully saturated rings. The van der Waals surface area contributed by atoms with E-state index in [1.807, 2.05) is 0 Å². The smallest absolute Gasteiger partial charge is 0.311 e. The van der Waals surface area contributed by atoms with E-state index in [0.29, 0.717) is 22.4 Å². The molecule has 5 nitrogen and oxygen atoms in total. The highest BCUT2D eigenvalue weighted by Gasteiger charge is 2.12. The van der Waals surface area contributed by atoms with Crippen molar-refractivity contribution in [3.8, 4) is 5.75 Å². The number of carboxylic acid groups (broad SMARTS) is 1. The average Bonchev–Trinajstić information content (AvgIpc) is 2.60. The number of methoxy groups -OCH3 is 1. The molecule has 1 aromatic heterocycles. The number of hydrogen-bond acceptors (Lipinski definition) is 4. The van der Waals surface area contributed by atoms with E-state index in [4.69, 9.17) is 14.4 Å². The molecule has 0 aliphatic carbocycles. The van der Waals surface area contributed by atoms with Crippen molar-refractivity contribution in [3.05, 3.63) is 24.0 Å². The van der Waals surface area contributed by atoms with Crippen LogP contribution in [0.15, 0.2) is 22.7 Å². The molecular weight excluding hydrogens is 198 g/mol. The molecule has 1 aromatic carbocycles. The van der Waals surface area contributed by atoms with E-state index in [2.05, 4.69) is 5.16 Å². The molecule has 0 aliphatic heterocycles. The van der Waals surface area contributed by atoms with Crippen LogP contribution in [0.2, 0.25) is 0 Å². The first-order chi connectivity index (χ1) is 7.20. The zero-order chi connectivity index (χ0) is 10.8. The van der Waals surface area contributed by atoms with Gasteiger partial charge in [0.15, 0.2) is 5.76 Å². The standard InChI is InChI=1S/C10H9NO4/c1-14-6-2-3-8-7(4-6)9(15-11-8)5-10(12)13/h2-4H,5H2,1H3,(H,12,13). The third kappa shape index (κ3) is 1.76. The van der Waals surface area contributed by atoms with Crippen LogP contribution in [0, 0.1) is 0 Å². The van der Waals surface area contributed by atoms with Gasteiger partial charge in [-0.25, -0.2) is 0 Å². The van der Waals surface area contributed by atoms with Crippen molar-refractivity contribution in [3.63, 3.8) is 0 Å². The summed E-state index contributed by atoms with van der Waals surface area (Å²) in [5.41, 5.74) is 0.632. The first-order valence-corrected chi connectivity index (χ1v) is 4.35. The number of fused-ring (bicyclic) bond motifs is 1. The lowest BCUT2D eigenvalue weighted by molar-refractivity contribution is -0.136. The fraction of sp³-hybridized carbons (Fsp3) is 0.200. The Bertz CT molecular complexity index is 503. The number of aromatic nitrogens is 1. The highest BCUT2D eigenvalue weighted by atomic mass is 16.5. The summed E-state index contributed by atoms with van der Waals surface area (Å²) in [6.45, 7) is 0. The zero-order valence-corrected chi connectivity index (χ0v) is 8.06. The van der Waals surface area contributed by atoms with Crippen LogP contribution in [-0.2, 0) is 11.2 Å². The molecule has 2 rings (SSSR count). The van der Waals surface area contributed by atoms with Gasteiger partial charge in [-0.3, -0.25) is 4.79 Å². The van der Waals surface area contributed by atoms with Gasteiger partial charge < -0.3 is 14.4 Å². The summed E-state index contributed by atoms with van der Waals surface area (Å²) in [5, 5.41) is 13.1. The van der Waals surface area contributed by atoms with E-state index in [1.54, 1.807) is 25.3 Å². The van der Waals surface area contributed by atoms with Gasteiger partial charge in [0.2, 0.25) is 0 Å². The lowest BCUT2D eigenvalue weighted by atomic mass is 10.2. The summed E-state index contributed by atoms with van der Waals surface area (Å²) in [6.07, 6.45) is -0.177. The summed E-state index contributed by atoms with van der Waals surface area (Å²) in [4.78, 5) is 10.5. The number of benzene rings is 1. The van der Waals surface area contributed by atoms with Crippen molar-refractivity contribution in [2.45, 2.75) is 6.42 Å². The lowest BCUT2D eigenvalue weighted by Crippen LogP contribution is -1.98. The van der Waals surface area contributed by atoms with Crippen LogP contribution in [-0.4, -0.2) is 23.3 Å². The van der Waals surface area contributed by atoms with Gasteiger partial charge in [-0.05, 0) is 18.2 Å². The lowest BCUT2D eigenvalue weighted by Gasteiger charge is -1.97. The minimum Gasteiger partial charge on any atom is -0.497 e. The Hall–Kier alpha value is -2.04. The second-order valence-electron chi connectivity index (χ2n) is 3.06. The van der Waals surface area contributed by atoms with E-state index in [0.717, 1.165) is 0 Å². The third-order valence-electron chi connectivity index (χ3n) is 2.07. The Morgan fingerprint density at radius 1 is 1.60 bits per heavy atom. The fourth-order valence-electron chi connectivity index (χ4n) is 1.36. The van der Waals surface area contributed by atoms with Crippen LogP contribution in [0.25, 0.3) is 10.9 Å². The maximum atomic E-state index is 10.5. The van der Waals surface area contributed by atoms with Gasteiger partial charge in [0, 0.05) is 5.39 Å². The number of carbonyl (C=O) groups is 1. The van der Waals surface area contributed by atoms with E-state index < -0.39 is 5.97 Å². The Kier molecular flexibility index (Phi) is 2.29. The molecule has 0 spiro atoms. The maximum absolute atomic E-state index is 10.5. The summed E-state index contributed by atoms with van der Waals surface area (Å²) >= 11 is 0. The number of hydrogen-bond donors (Lipinski definition) is 1. The van der Waals surface area contributed by atoms with E-state index in [9.17, 15) is 4.79 Å². The largest absolute Gasteiger partial charge is 0.497 e. The highest BCUT2D eigenvalue weighted by molar-refractivity contribution is 5.85. The van der Waals surface area contributed by atoms with Crippen molar-refractivity contribution in [1.82, 2.24) is 5.16 Å². The molecule has 1 N–H and O–H groups in total. The molecule has 0 saturated carbocycles. The van der Waals surface area contributed by atoms with Gasteiger partial charge >= 0.3 is 5.97 Å². The molecule has 2 aromatic rings. The van der Waals surface area contributed by atoms with Crippen LogP contribution in [0.5, 0.6) is 5.75 Å². The average molecular weight is 207 g/mol. The van der Waals surface area contributed by atoms with Crippen molar-refractivity contribution in [2.24, 2.45) is 0 Å². The minimum absolute atomic E-state index is 0.177. The molecular formula is C10H9NO4. The summed E-state index contributed by atoms with van der Waals surface area (Å²) in [6, 6.07) is 5.18. The second-order valence-corrected chi connectivity index (χ2v) is 3.06. The van der Waals surface area contributed by atoms with Gasteiger partial charge in [-0.15, -0.1) is 0 Å². The minimum atomic E-state index is -0.948. The Morgan fingerprint density at radius 2 is 2.40 bits per heavy atom. The first-order valence-electron chi connectivity index (χ1n) is 4.35. The van der Waals surface area contributed by atoms with Crippen LogP contribution in [0.1, 0.15) is 5.76 Å². The molecule has 0 saturated heterocycles. The van der Waals surface area contributed by atoms with Crippen LogP contribution < -0.4 is 4.74 Å². The number of nitrogens with zero attached hydrogens (tertiary/aromatic N) is 1. The molecule has 78 valence electrons. The molecule has 0 aliphatic rings. The van der Waals surface area contributed by atoms with Gasteiger partial charge in [-0.1, -0.05) is 5.16 Å². The second kappa shape index (κ2) is 3.61. The SMILES string of the molecule is COc1ccc2noc(CC(=O)O)c2c1. The molecule has 0 unspecified atom stereocenters. The van der Waals surface area contributed by atoms with E-state index >= 15 is 0 Å². The molecule has 0 amide bonds. The highest BCUT2D eigenvalue weighted by Crippen LogP contribution is 2.23. The van der Waals surface area contributed by atoms with Crippen molar-refractivity contribution in [2.75, 3.05) is 7.11 Å². The van der Waals surface area contributed by atoms with Gasteiger partial charge in [0.1, 0.15) is 17.7 Å².